The van der Waals surface area contributed by atoms with E-state index in [-0.39, 0.29) is 0 Å². The van der Waals surface area contributed by atoms with Crippen LogP contribution < -0.4 is 0 Å². The molecule has 1 heterocycles. The highest BCUT2D eigenvalue weighted by Gasteiger charge is 1.91. The van der Waals surface area contributed by atoms with E-state index in [4.69, 9.17) is 0 Å². The van der Waals surface area contributed by atoms with E-state index in [9.17, 15) is 0 Å². The van der Waals surface area contributed by atoms with Crippen molar-refractivity contribution in [2.45, 2.75) is 32.1 Å². The van der Waals surface area contributed by atoms with Gasteiger partial charge in [-0.15, -0.1) is 0 Å². The highest BCUT2D eigenvalue weighted by molar-refractivity contribution is 5.56. The predicted molar refractivity (Wildman–Crippen MR) is 35.4 cm³/mol. The van der Waals surface area contributed by atoms with E-state index >= 15 is 0 Å². The molecular weight excluding hydrogens is 98.1 g/mol. The number of rotatable bonds is 0. The lowest BCUT2D eigenvalue weighted by Gasteiger charge is -1.99. The second kappa shape index (κ2) is 3.65. The summed E-state index contributed by atoms with van der Waals surface area (Å²) in [5.74, 6) is 0. The maximum atomic E-state index is 4.08. The molecule has 0 aromatic carbocycles. The minimum atomic E-state index is 1.01. The van der Waals surface area contributed by atoms with Crippen LogP contribution in [0.2, 0.25) is 0 Å². The Morgan fingerprint density at radius 1 is 1.00 bits per heavy atom. The first kappa shape index (κ1) is 5.80. The van der Waals surface area contributed by atoms with Crippen LogP contribution in [0.5, 0.6) is 0 Å². The Morgan fingerprint density at radius 2 is 1.88 bits per heavy atom. The molecule has 1 aliphatic heterocycles. The van der Waals surface area contributed by atoms with Gasteiger partial charge in [-0.1, -0.05) is 12.8 Å². The molecule has 0 aromatic rings. The van der Waals surface area contributed by atoms with Gasteiger partial charge in [-0.2, -0.15) is 0 Å². The fourth-order valence-electron chi connectivity index (χ4n) is 0.907. The molecule has 45 valence electrons. The van der Waals surface area contributed by atoms with Gasteiger partial charge >= 0.3 is 0 Å². The summed E-state index contributed by atoms with van der Waals surface area (Å²) in [5.41, 5.74) is 0. The second-order valence-electron chi connectivity index (χ2n) is 2.20. The van der Waals surface area contributed by atoms with E-state index in [0.29, 0.717) is 0 Å². The standard InChI is InChI=1S/C7H12N/c1-2-4-6-8-7-5-3-1/h1-6H2. The molecule has 0 aliphatic carbocycles. The van der Waals surface area contributed by atoms with Crippen molar-refractivity contribution in [2.75, 3.05) is 6.54 Å². The van der Waals surface area contributed by atoms with Gasteiger partial charge in [-0.05, 0) is 19.3 Å². The summed E-state index contributed by atoms with van der Waals surface area (Å²) in [6, 6.07) is 0. The summed E-state index contributed by atoms with van der Waals surface area (Å²) < 4.78 is 0. The van der Waals surface area contributed by atoms with E-state index < -0.39 is 0 Å². The minimum Gasteiger partial charge on any atom is -0.288 e. The molecule has 0 N–H and O–H groups in total. The molecule has 0 fully saturated rings. The molecule has 0 bridgehead atoms. The van der Waals surface area contributed by atoms with Crippen LogP contribution in [-0.2, 0) is 0 Å². The monoisotopic (exact) mass is 110 g/mol. The number of aliphatic imine (C=N–C) groups is 1. The third-order valence-electron chi connectivity index (χ3n) is 1.42. The van der Waals surface area contributed by atoms with E-state index in [2.05, 4.69) is 11.2 Å². The van der Waals surface area contributed by atoms with Crippen LogP contribution in [0, 0.1) is 0 Å². The Morgan fingerprint density at radius 3 is 2.88 bits per heavy atom. The van der Waals surface area contributed by atoms with Crippen molar-refractivity contribution < 1.29 is 0 Å². The van der Waals surface area contributed by atoms with Gasteiger partial charge in [-0.25, -0.2) is 0 Å². The topological polar surface area (TPSA) is 12.4 Å². The van der Waals surface area contributed by atoms with Crippen LogP contribution in [0.3, 0.4) is 0 Å². The third kappa shape index (κ3) is 2.10. The van der Waals surface area contributed by atoms with Crippen LogP contribution in [0.4, 0.5) is 0 Å². The van der Waals surface area contributed by atoms with Crippen molar-refractivity contribution in [3.05, 3.63) is 0 Å². The van der Waals surface area contributed by atoms with Gasteiger partial charge < -0.3 is 0 Å². The SMILES string of the molecule is [C]1=N\CCCCCC/1. The van der Waals surface area contributed by atoms with Crippen molar-refractivity contribution in [2.24, 2.45) is 4.99 Å². The number of hydrogen-bond donors (Lipinski definition) is 0. The molecule has 0 unspecified atom stereocenters. The van der Waals surface area contributed by atoms with Gasteiger partial charge in [0.2, 0.25) is 0 Å². The molecule has 0 saturated carbocycles. The van der Waals surface area contributed by atoms with Gasteiger partial charge in [0, 0.05) is 6.54 Å². The lowest BCUT2D eigenvalue weighted by molar-refractivity contribution is 0.649. The summed E-state index contributed by atoms with van der Waals surface area (Å²) in [6.45, 7) is 1.01. The Labute approximate surface area is 50.8 Å². The lowest BCUT2D eigenvalue weighted by atomic mass is 10.1. The van der Waals surface area contributed by atoms with Crippen LogP contribution in [-0.4, -0.2) is 12.8 Å². The number of hydrogen-bond acceptors (Lipinski definition) is 1. The average molecular weight is 110 g/mol. The Bertz CT molecular complexity index is 66.5. The highest BCUT2D eigenvalue weighted by atomic mass is 14.7. The third-order valence-corrected chi connectivity index (χ3v) is 1.42. The zero-order chi connectivity index (χ0) is 5.66. The van der Waals surface area contributed by atoms with Gasteiger partial charge in [0.15, 0.2) is 0 Å². The first-order valence-corrected chi connectivity index (χ1v) is 3.39. The van der Waals surface area contributed by atoms with E-state index in [1.807, 2.05) is 0 Å². The molecule has 0 saturated heterocycles. The van der Waals surface area contributed by atoms with Crippen molar-refractivity contribution >= 4 is 6.21 Å². The predicted octanol–water partition coefficient (Wildman–Crippen LogP) is 1.90. The average Bonchev–Trinajstić information content (AvgIpc) is 1.62. The summed E-state index contributed by atoms with van der Waals surface area (Å²) in [7, 11) is 0. The fourth-order valence-corrected chi connectivity index (χ4v) is 0.907. The van der Waals surface area contributed by atoms with Gasteiger partial charge in [-0.3, -0.25) is 4.99 Å². The van der Waals surface area contributed by atoms with Gasteiger partial charge in [0.25, 0.3) is 0 Å². The zero-order valence-corrected chi connectivity index (χ0v) is 5.19. The van der Waals surface area contributed by atoms with Crippen molar-refractivity contribution in [3.8, 4) is 0 Å². The summed E-state index contributed by atoms with van der Waals surface area (Å²) >= 11 is 0. The van der Waals surface area contributed by atoms with E-state index in [1.54, 1.807) is 0 Å². The molecular formula is C7H12N. The highest BCUT2D eigenvalue weighted by Crippen LogP contribution is 2.04. The minimum absolute atomic E-state index is 1.01. The molecule has 0 amide bonds. The van der Waals surface area contributed by atoms with Gasteiger partial charge in [0.05, 0.1) is 6.21 Å². The maximum absolute atomic E-state index is 4.08. The molecule has 1 heteroatoms. The molecule has 1 aliphatic rings. The normalized spacial score (nSPS) is 26.0. The summed E-state index contributed by atoms with van der Waals surface area (Å²) in [4.78, 5) is 4.08. The van der Waals surface area contributed by atoms with Crippen LogP contribution in [0.15, 0.2) is 4.99 Å². The van der Waals surface area contributed by atoms with Crippen LogP contribution in [0.25, 0.3) is 0 Å². The Hall–Kier alpha value is -0.330. The first-order chi connectivity index (χ1) is 4.00. The maximum Gasteiger partial charge on any atom is 0.0558 e. The van der Waals surface area contributed by atoms with E-state index in [1.165, 1.54) is 25.7 Å². The molecule has 1 radical (unpaired) electrons. The van der Waals surface area contributed by atoms with E-state index in [0.717, 1.165) is 13.0 Å². The molecule has 0 atom stereocenters. The Balaban J connectivity index is 2.17. The lowest BCUT2D eigenvalue weighted by Crippen LogP contribution is -1.88. The largest absolute Gasteiger partial charge is 0.288 e. The second-order valence-corrected chi connectivity index (χ2v) is 2.20. The first-order valence-electron chi connectivity index (χ1n) is 3.39. The quantitative estimate of drug-likeness (QED) is 0.451. The number of nitrogens with zero attached hydrogens (tertiary/aromatic N) is 1. The zero-order valence-electron chi connectivity index (χ0n) is 5.19. The van der Waals surface area contributed by atoms with Crippen LogP contribution >= 0.6 is 0 Å². The summed E-state index contributed by atoms with van der Waals surface area (Å²) in [5, 5.41) is 0. The smallest absolute Gasteiger partial charge is 0.0558 e. The van der Waals surface area contributed by atoms with Crippen LogP contribution in [0.1, 0.15) is 32.1 Å². The summed E-state index contributed by atoms with van der Waals surface area (Å²) in [6.07, 6.45) is 9.41. The molecule has 1 rings (SSSR count). The Kier molecular flexibility index (Phi) is 2.64. The van der Waals surface area contributed by atoms with Gasteiger partial charge in [0.1, 0.15) is 0 Å². The van der Waals surface area contributed by atoms with Crippen molar-refractivity contribution in [3.63, 3.8) is 0 Å². The molecule has 0 spiro atoms. The fraction of sp³-hybridized carbons (Fsp3) is 0.857. The van der Waals surface area contributed by atoms with Crippen molar-refractivity contribution in [1.29, 1.82) is 0 Å². The van der Waals surface area contributed by atoms with Crippen molar-refractivity contribution in [1.82, 2.24) is 0 Å². The molecule has 0 aromatic heterocycles. The molecule has 1 nitrogen and oxygen atoms in total. The molecule has 8 heavy (non-hydrogen) atoms.